The van der Waals surface area contributed by atoms with Crippen molar-refractivity contribution in [2.24, 2.45) is 0 Å². The summed E-state index contributed by atoms with van der Waals surface area (Å²) < 4.78 is 9.17. The van der Waals surface area contributed by atoms with Crippen LogP contribution < -0.4 is 4.90 Å². The molecule has 10 aromatic carbocycles. The number of anilines is 3. The van der Waals surface area contributed by atoms with Crippen LogP contribution in [0.4, 0.5) is 17.1 Å². The molecule has 0 radical (unpaired) electrons. The van der Waals surface area contributed by atoms with Gasteiger partial charge >= 0.3 is 0 Å². The fourth-order valence-electron chi connectivity index (χ4n) is 11.2. The molecule has 0 N–H and O–H groups in total. The minimum absolute atomic E-state index is 0.532. The number of hydrogen-bond acceptors (Lipinski definition) is 3. The molecule has 2 heterocycles. The van der Waals surface area contributed by atoms with Crippen molar-refractivity contribution in [2.75, 3.05) is 4.90 Å². The van der Waals surface area contributed by atoms with Gasteiger partial charge in [0.15, 0.2) is 0 Å². The lowest BCUT2D eigenvalue weighted by Crippen LogP contribution is -2.26. The van der Waals surface area contributed by atoms with Crippen molar-refractivity contribution >= 4 is 70.5 Å². The standard InChI is InChI=1S/C61H37NOS/c1-2-14-38(15-3-1)39-28-32-41(33-29-39)62(42-34-30-40(31-35-42)43-20-12-21-47-46-18-7-11-27-58(46)64-60(43)47)55-25-13-24-53-59(55)48-19-5-9-23-52(48)61(53)51-22-8-4-16-44(51)49-37-57-50(36-54(49)61)45-17-6-10-26-56(45)63-57/h1-37H. The number of nitrogens with zero attached hydrogens (tertiary/aromatic N) is 1. The molecule has 0 aliphatic heterocycles. The summed E-state index contributed by atoms with van der Waals surface area (Å²) in [5.41, 5.74) is 19.7. The van der Waals surface area contributed by atoms with Crippen molar-refractivity contribution in [1.82, 2.24) is 0 Å². The van der Waals surface area contributed by atoms with Crippen LogP contribution in [-0.2, 0) is 5.41 Å². The van der Waals surface area contributed by atoms with E-state index in [0.29, 0.717) is 0 Å². The third-order valence-corrected chi connectivity index (χ3v) is 15.1. The Kier molecular flexibility index (Phi) is 7.51. The predicted octanol–water partition coefficient (Wildman–Crippen LogP) is 17.1. The van der Waals surface area contributed by atoms with Crippen molar-refractivity contribution < 1.29 is 4.42 Å². The van der Waals surface area contributed by atoms with Crippen LogP contribution in [-0.4, -0.2) is 0 Å². The van der Waals surface area contributed by atoms with Gasteiger partial charge in [0.05, 0.1) is 11.1 Å². The van der Waals surface area contributed by atoms with Crippen LogP contribution in [0, 0.1) is 0 Å². The molecular formula is C61H37NOS. The molecule has 3 heteroatoms. The number of para-hydroxylation sites is 1. The summed E-state index contributed by atoms with van der Waals surface area (Å²) in [4.78, 5) is 2.47. The van der Waals surface area contributed by atoms with E-state index >= 15 is 0 Å². The molecule has 1 atom stereocenters. The highest BCUT2D eigenvalue weighted by Crippen LogP contribution is 2.65. The van der Waals surface area contributed by atoms with E-state index in [1.165, 1.54) is 86.9 Å². The largest absolute Gasteiger partial charge is 0.456 e. The number of fused-ring (bicyclic) bond motifs is 16. The highest BCUT2D eigenvalue weighted by molar-refractivity contribution is 7.26. The Morgan fingerprint density at radius 1 is 0.359 bits per heavy atom. The lowest BCUT2D eigenvalue weighted by molar-refractivity contribution is 0.669. The molecule has 2 aromatic heterocycles. The van der Waals surface area contributed by atoms with Crippen LogP contribution in [0.15, 0.2) is 229 Å². The molecule has 0 bridgehead atoms. The van der Waals surface area contributed by atoms with Gasteiger partial charge in [-0.15, -0.1) is 11.3 Å². The normalized spacial score (nSPS) is 14.6. The molecule has 0 fully saturated rings. The van der Waals surface area contributed by atoms with Gasteiger partial charge in [-0.1, -0.05) is 170 Å². The molecule has 2 aliphatic rings. The van der Waals surface area contributed by atoms with Crippen molar-refractivity contribution in [3.63, 3.8) is 0 Å². The third kappa shape index (κ3) is 4.90. The first-order valence-electron chi connectivity index (χ1n) is 22.0. The molecule has 14 rings (SSSR count). The second-order valence-corrected chi connectivity index (χ2v) is 18.2. The van der Waals surface area contributed by atoms with Crippen LogP contribution in [0.1, 0.15) is 22.3 Å². The van der Waals surface area contributed by atoms with Gasteiger partial charge in [0.1, 0.15) is 11.2 Å². The lowest BCUT2D eigenvalue weighted by atomic mass is 9.70. The molecular weight excluding hydrogens is 795 g/mol. The molecule has 298 valence electrons. The van der Waals surface area contributed by atoms with Gasteiger partial charge in [-0.25, -0.2) is 0 Å². The zero-order valence-electron chi connectivity index (χ0n) is 34.6. The van der Waals surface area contributed by atoms with Gasteiger partial charge in [0.25, 0.3) is 0 Å². The first-order chi connectivity index (χ1) is 31.7. The van der Waals surface area contributed by atoms with E-state index in [4.69, 9.17) is 4.42 Å². The summed E-state index contributed by atoms with van der Waals surface area (Å²) in [5.74, 6) is 0. The Morgan fingerprint density at radius 2 is 0.953 bits per heavy atom. The van der Waals surface area contributed by atoms with E-state index < -0.39 is 5.41 Å². The fraction of sp³-hybridized carbons (Fsp3) is 0.0164. The van der Waals surface area contributed by atoms with Gasteiger partial charge in [0, 0.05) is 47.9 Å². The SMILES string of the molecule is c1ccc(-c2ccc(N(c3ccc(-c4cccc5c4sc4ccccc45)cc3)c3cccc4c3-c3ccccc3C43c4ccccc4-c4cc5oc6ccccc6c5cc43)cc2)cc1. The maximum absolute atomic E-state index is 6.53. The lowest BCUT2D eigenvalue weighted by Gasteiger charge is -2.32. The summed E-state index contributed by atoms with van der Waals surface area (Å²) >= 11 is 1.88. The van der Waals surface area contributed by atoms with E-state index in [9.17, 15) is 0 Å². The van der Waals surface area contributed by atoms with Crippen LogP contribution in [0.2, 0.25) is 0 Å². The topological polar surface area (TPSA) is 16.4 Å². The van der Waals surface area contributed by atoms with Gasteiger partial charge in [-0.2, -0.15) is 0 Å². The van der Waals surface area contributed by atoms with Crippen molar-refractivity contribution in [2.45, 2.75) is 5.41 Å². The maximum atomic E-state index is 6.53. The van der Waals surface area contributed by atoms with E-state index in [1.54, 1.807) is 0 Å². The van der Waals surface area contributed by atoms with Crippen LogP contribution in [0.5, 0.6) is 0 Å². The van der Waals surface area contributed by atoms with E-state index in [2.05, 4.69) is 229 Å². The average Bonchev–Trinajstić information content (AvgIpc) is 4.09. The molecule has 2 nitrogen and oxygen atoms in total. The summed E-state index contributed by atoms with van der Waals surface area (Å²) in [6.45, 7) is 0. The number of rotatable bonds is 5. The molecule has 0 saturated carbocycles. The fourth-order valence-corrected chi connectivity index (χ4v) is 12.4. The summed E-state index contributed by atoms with van der Waals surface area (Å²) in [7, 11) is 0. The van der Waals surface area contributed by atoms with E-state index in [0.717, 1.165) is 39.0 Å². The Morgan fingerprint density at radius 3 is 1.77 bits per heavy atom. The van der Waals surface area contributed by atoms with Crippen molar-refractivity contribution in [1.29, 1.82) is 0 Å². The second kappa shape index (κ2) is 13.5. The molecule has 1 unspecified atom stereocenters. The third-order valence-electron chi connectivity index (χ3n) is 13.9. The van der Waals surface area contributed by atoms with Crippen LogP contribution >= 0.6 is 11.3 Å². The highest BCUT2D eigenvalue weighted by atomic mass is 32.1. The molecule has 64 heavy (non-hydrogen) atoms. The zero-order chi connectivity index (χ0) is 41.9. The molecule has 2 aliphatic carbocycles. The number of benzene rings is 10. The first-order valence-corrected chi connectivity index (χ1v) is 22.8. The monoisotopic (exact) mass is 831 g/mol. The number of furan rings is 1. The Labute approximate surface area is 374 Å². The Bertz CT molecular complexity index is 3840. The first kappa shape index (κ1) is 35.6. The summed E-state index contributed by atoms with van der Waals surface area (Å²) in [5, 5.41) is 4.92. The van der Waals surface area contributed by atoms with Gasteiger partial charge < -0.3 is 9.32 Å². The van der Waals surface area contributed by atoms with Crippen molar-refractivity contribution in [3.05, 3.63) is 247 Å². The van der Waals surface area contributed by atoms with Crippen molar-refractivity contribution in [3.8, 4) is 44.5 Å². The van der Waals surface area contributed by atoms with Crippen LogP contribution in [0.3, 0.4) is 0 Å². The predicted molar refractivity (Wildman–Crippen MR) is 268 cm³/mol. The number of thiophene rings is 1. The minimum atomic E-state index is -0.532. The second-order valence-electron chi connectivity index (χ2n) is 17.1. The quantitative estimate of drug-likeness (QED) is 0.172. The zero-order valence-corrected chi connectivity index (χ0v) is 35.4. The maximum Gasteiger partial charge on any atom is 0.136 e. The number of hydrogen-bond donors (Lipinski definition) is 0. The Balaban J connectivity index is 1.00. The summed E-state index contributed by atoms with van der Waals surface area (Å²) in [6.07, 6.45) is 0. The molecule has 12 aromatic rings. The van der Waals surface area contributed by atoms with Gasteiger partial charge in [0.2, 0.25) is 0 Å². The smallest absolute Gasteiger partial charge is 0.136 e. The molecule has 0 amide bonds. The van der Waals surface area contributed by atoms with Crippen LogP contribution in [0.25, 0.3) is 86.6 Å². The molecule has 1 spiro atoms. The minimum Gasteiger partial charge on any atom is -0.456 e. The molecule has 0 saturated heterocycles. The highest BCUT2D eigenvalue weighted by Gasteiger charge is 2.52. The van der Waals surface area contributed by atoms with E-state index in [1.807, 2.05) is 11.3 Å². The summed E-state index contributed by atoms with van der Waals surface area (Å²) in [6, 6.07) is 82.7. The Hall–Kier alpha value is -7.98. The van der Waals surface area contributed by atoms with Gasteiger partial charge in [-0.05, 0) is 116 Å². The average molecular weight is 832 g/mol. The van der Waals surface area contributed by atoms with E-state index in [-0.39, 0.29) is 0 Å². The van der Waals surface area contributed by atoms with Gasteiger partial charge in [-0.3, -0.25) is 0 Å².